The summed E-state index contributed by atoms with van der Waals surface area (Å²) in [4.78, 5) is 42.3. The molecule has 32 heavy (non-hydrogen) atoms. The second-order valence-corrected chi connectivity index (χ2v) is 8.69. The number of ether oxygens (including phenoxy) is 2. The van der Waals surface area contributed by atoms with Crippen LogP contribution >= 0.6 is 0 Å². The monoisotopic (exact) mass is 449 g/mol. The maximum atomic E-state index is 12.8. The molecule has 1 saturated heterocycles. The van der Waals surface area contributed by atoms with E-state index in [0.717, 1.165) is 36.1 Å². The number of nitrogens with one attached hydrogen (secondary N) is 2. The molecule has 180 valence electrons. The number of piperidine rings is 1. The summed E-state index contributed by atoms with van der Waals surface area (Å²) in [5.74, 6) is -0.467. The van der Waals surface area contributed by atoms with Gasteiger partial charge in [0.15, 0.2) is 0 Å². The number of esters is 1. The Morgan fingerprint density at radius 3 is 2.69 bits per heavy atom. The number of aryl methyl sites for hydroxylation is 1. The van der Waals surface area contributed by atoms with Crippen LogP contribution in [0.4, 0.5) is 0 Å². The fraction of sp³-hybridized carbons (Fsp3) is 0.708. The number of hydrogen-bond acceptors (Lipinski definition) is 5. The Hall–Kier alpha value is -2.35. The Bertz CT molecular complexity index is 787. The van der Waals surface area contributed by atoms with Gasteiger partial charge in [-0.2, -0.15) is 0 Å². The molecule has 0 aromatic carbocycles. The van der Waals surface area contributed by atoms with Crippen LogP contribution in [0.1, 0.15) is 73.8 Å². The topological polar surface area (TPSA) is 101 Å². The van der Waals surface area contributed by atoms with E-state index >= 15 is 0 Å². The number of aromatic amines is 1. The molecule has 8 nitrogen and oxygen atoms in total. The van der Waals surface area contributed by atoms with Crippen molar-refractivity contribution in [2.24, 2.45) is 5.92 Å². The third kappa shape index (κ3) is 7.36. The minimum Gasteiger partial charge on any atom is -0.461 e. The molecule has 0 saturated carbocycles. The molecule has 1 aromatic rings. The molecule has 1 aliphatic heterocycles. The Kier molecular flexibility index (Phi) is 10.2. The molecule has 0 unspecified atom stereocenters. The van der Waals surface area contributed by atoms with Crippen LogP contribution in [0.5, 0.6) is 0 Å². The third-order valence-corrected chi connectivity index (χ3v) is 5.88. The number of aromatic nitrogens is 1. The van der Waals surface area contributed by atoms with Crippen LogP contribution in [-0.2, 0) is 25.5 Å². The Morgan fingerprint density at radius 2 is 2.00 bits per heavy atom. The Morgan fingerprint density at radius 1 is 1.25 bits per heavy atom. The third-order valence-electron chi connectivity index (χ3n) is 5.88. The predicted molar refractivity (Wildman–Crippen MR) is 123 cm³/mol. The maximum Gasteiger partial charge on any atom is 0.355 e. The molecular weight excluding hydrogens is 410 g/mol. The summed E-state index contributed by atoms with van der Waals surface area (Å²) < 4.78 is 10.6. The van der Waals surface area contributed by atoms with E-state index in [0.29, 0.717) is 51.4 Å². The SMILES string of the molecule is CCOC(=O)c1[nH]c(C)c(CCC(=O)N2CCC[C@H](C(=O)NCCCOC(C)C)C2)c1C. The van der Waals surface area contributed by atoms with Gasteiger partial charge in [0, 0.05) is 38.4 Å². The van der Waals surface area contributed by atoms with Gasteiger partial charge in [0.2, 0.25) is 11.8 Å². The highest BCUT2D eigenvalue weighted by Crippen LogP contribution is 2.22. The molecule has 2 rings (SSSR count). The number of rotatable bonds is 11. The number of carbonyl (C=O) groups excluding carboxylic acids is 3. The summed E-state index contributed by atoms with van der Waals surface area (Å²) in [5, 5.41) is 2.98. The molecule has 1 aromatic heterocycles. The number of carbonyl (C=O) groups is 3. The van der Waals surface area contributed by atoms with E-state index in [1.54, 1.807) is 11.8 Å². The molecule has 2 heterocycles. The normalized spacial score (nSPS) is 16.3. The van der Waals surface area contributed by atoms with Crippen molar-refractivity contribution in [3.8, 4) is 0 Å². The summed E-state index contributed by atoms with van der Waals surface area (Å²) >= 11 is 0. The van der Waals surface area contributed by atoms with Crippen molar-refractivity contribution < 1.29 is 23.9 Å². The number of likely N-dealkylation sites (tertiary alicyclic amines) is 1. The van der Waals surface area contributed by atoms with E-state index in [4.69, 9.17) is 9.47 Å². The van der Waals surface area contributed by atoms with Crippen LogP contribution in [-0.4, -0.2) is 66.6 Å². The maximum absolute atomic E-state index is 12.8. The van der Waals surface area contributed by atoms with Crippen molar-refractivity contribution >= 4 is 17.8 Å². The zero-order valence-corrected chi connectivity index (χ0v) is 20.2. The zero-order valence-electron chi connectivity index (χ0n) is 20.2. The first-order valence-electron chi connectivity index (χ1n) is 11.8. The van der Waals surface area contributed by atoms with E-state index in [2.05, 4.69) is 10.3 Å². The van der Waals surface area contributed by atoms with E-state index in [-0.39, 0.29) is 29.8 Å². The fourth-order valence-electron chi connectivity index (χ4n) is 4.13. The molecule has 1 fully saturated rings. The van der Waals surface area contributed by atoms with Gasteiger partial charge in [-0.05, 0) is 71.4 Å². The van der Waals surface area contributed by atoms with Gasteiger partial charge in [-0.1, -0.05) is 0 Å². The highest BCUT2D eigenvalue weighted by molar-refractivity contribution is 5.90. The molecular formula is C24H39N3O5. The van der Waals surface area contributed by atoms with E-state index in [1.165, 1.54) is 0 Å². The van der Waals surface area contributed by atoms with Crippen LogP contribution in [0, 0.1) is 19.8 Å². The lowest BCUT2D eigenvalue weighted by Crippen LogP contribution is -2.45. The minimum absolute atomic E-state index is 0.0171. The first kappa shape index (κ1) is 25.9. The van der Waals surface area contributed by atoms with Crippen LogP contribution in [0.15, 0.2) is 0 Å². The van der Waals surface area contributed by atoms with Crippen molar-refractivity contribution in [3.05, 3.63) is 22.5 Å². The molecule has 0 radical (unpaired) electrons. The van der Waals surface area contributed by atoms with Crippen molar-refractivity contribution in [1.82, 2.24) is 15.2 Å². The summed E-state index contributed by atoms with van der Waals surface area (Å²) in [6, 6.07) is 0. The molecule has 0 bridgehead atoms. The molecule has 0 spiro atoms. The first-order chi connectivity index (χ1) is 15.2. The number of nitrogens with zero attached hydrogens (tertiary/aromatic N) is 1. The first-order valence-corrected chi connectivity index (χ1v) is 11.8. The average Bonchev–Trinajstić information content (AvgIpc) is 3.05. The molecule has 2 amide bonds. The minimum atomic E-state index is -0.369. The summed E-state index contributed by atoms with van der Waals surface area (Å²) in [6.45, 7) is 12.2. The summed E-state index contributed by atoms with van der Waals surface area (Å²) in [6.07, 6.45) is 3.51. The fourth-order valence-corrected chi connectivity index (χ4v) is 4.13. The van der Waals surface area contributed by atoms with Gasteiger partial charge in [0.05, 0.1) is 18.6 Å². The van der Waals surface area contributed by atoms with Crippen molar-refractivity contribution in [1.29, 1.82) is 0 Å². The lowest BCUT2D eigenvalue weighted by molar-refractivity contribution is -0.135. The Labute approximate surface area is 191 Å². The number of H-pyrrole nitrogens is 1. The largest absolute Gasteiger partial charge is 0.461 e. The molecule has 2 N–H and O–H groups in total. The van der Waals surface area contributed by atoms with Crippen molar-refractivity contribution in [2.75, 3.05) is 32.8 Å². The van der Waals surface area contributed by atoms with Crippen molar-refractivity contribution in [3.63, 3.8) is 0 Å². The quantitative estimate of drug-likeness (QED) is 0.400. The zero-order chi connectivity index (χ0) is 23.7. The highest BCUT2D eigenvalue weighted by Gasteiger charge is 2.28. The van der Waals surface area contributed by atoms with E-state index in [1.807, 2.05) is 27.7 Å². The predicted octanol–water partition coefficient (Wildman–Crippen LogP) is 2.91. The van der Waals surface area contributed by atoms with Gasteiger partial charge >= 0.3 is 5.97 Å². The standard InChI is InChI=1S/C24H39N3O5/c1-6-31-24(30)22-17(4)20(18(5)26-22)10-11-21(28)27-13-7-9-19(15-27)23(29)25-12-8-14-32-16(2)3/h16,19,26H,6-15H2,1-5H3,(H,25,29)/t19-/m0/s1. The van der Waals surface area contributed by atoms with Gasteiger partial charge in [0.1, 0.15) is 5.69 Å². The van der Waals surface area contributed by atoms with Crippen LogP contribution < -0.4 is 5.32 Å². The van der Waals surface area contributed by atoms with Gasteiger partial charge in [0.25, 0.3) is 0 Å². The van der Waals surface area contributed by atoms with E-state index < -0.39 is 0 Å². The molecule has 1 atom stereocenters. The lowest BCUT2D eigenvalue weighted by atomic mass is 9.96. The molecule has 1 aliphatic rings. The second-order valence-electron chi connectivity index (χ2n) is 8.69. The summed E-state index contributed by atoms with van der Waals surface area (Å²) in [5.41, 5.74) is 3.17. The highest BCUT2D eigenvalue weighted by atomic mass is 16.5. The second kappa shape index (κ2) is 12.6. The Balaban J connectivity index is 1.84. The molecule has 0 aliphatic carbocycles. The average molecular weight is 450 g/mol. The number of hydrogen-bond donors (Lipinski definition) is 2. The van der Waals surface area contributed by atoms with Gasteiger partial charge in [-0.3, -0.25) is 9.59 Å². The van der Waals surface area contributed by atoms with Gasteiger partial charge in [-0.25, -0.2) is 4.79 Å². The van der Waals surface area contributed by atoms with E-state index in [9.17, 15) is 14.4 Å². The van der Waals surface area contributed by atoms with Crippen LogP contribution in [0.25, 0.3) is 0 Å². The van der Waals surface area contributed by atoms with Crippen molar-refractivity contribution in [2.45, 2.75) is 72.8 Å². The number of amides is 2. The van der Waals surface area contributed by atoms with Crippen LogP contribution in [0.2, 0.25) is 0 Å². The molecule has 8 heteroatoms. The lowest BCUT2D eigenvalue weighted by Gasteiger charge is -2.32. The van der Waals surface area contributed by atoms with Gasteiger partial charge < -0.3 is 24.7 Å². The van der Waals surface area contributed by atoms with Gasteiger partial charge in [-0.15, -0.1) is 0 Å². The van der Waals surface area contributed by atoms with Crippen LogP contribution in [0.3, 0.4) is 0 Å². The summed E-state index contributed by atoms with van der Waals surface area (Å²) in [7, 11) is 0. The smallest absolute Gasteiger partial charge is 0.355 e.